The highest BCUT2D eigenvalue weighted by atomic mass is 16.6. The van der Waals surface area contributed by atoms with E-state index in [1.165, 1.54) is 21.8 Å². The zero-order valence-electron chi connectivity index (χ0n) is 23.3. The fourth-order valence-electron chi connectivity index (χ4n) is 5.76. The van der Waals surface area contributed by atoms with Crippen molar-refractivity contribution in [3.8, 4) is 0 Å². The molecule has 0 radical (unpaired) electrons. The number of ether oxygens (including phenoxy) is 2. The number of rotatable bonds is 8. The van der Waals surface area contributed by atoms with Gasteiger partial charge in [0.2, 0.25) is 11.9 Å². The van der Waals surface area contributed by atoms with E-state index in [-0.39, 0.29) is 52.1 Å². The largest absolute Gasteiger partial charge is 0.394 e. The number of aliphatic hydroxyl groups is 4. The van der Waals surface area contributed by atoms with Crippen LogP contribution in [0.2, 0.25) is 0 Å². The lowest BCUT2D eigenvalue weighted by atomic mass is 10.0. The summed E-state index contributed by atoms with van der Waals surface area (Å²) in [5.41, 5.74) is 7.65. The molecular formula is C24H26N12O10. The highest BCUT2D eigenvalue weighted by molar-refractivity contribution is 5.75. The summed E-state index contributed by atoms with van der Waals surface area (Å²) < 4.78 is 14.1. The second-order valence-corrected chi connectivity index (χ2v) is 10.8. The highest BCUT2D eigenvalue weighted by Crippen LogP contribution is 2.34. The van der Waals surface area contributed by atoms with Crippen LogP contribution in [0.15, 0.2) is 31.8 Å². The first-order valence-corrected chi connectivity index (χ1v) is 13.7. The highest BCUT2D eigenvalue weighted by Gasteiger charge is 2.47. The predicted molar refractivity (Wildman–Crippen MR) is 155 cm³/mol. The molecule has 22 heteroatoms. The molecule has 5 aromatic rings. The molecule has 4 aromatic heterocycles. The maximum atomic E-state index is 12.6. The molecule has 8 atom stereocenters. The van der Waals surface area contributed by atoms with Gasteiger partial charge < -0.3 is 52.0 Å². The smallest absolute Gasteiger partial charge is 0.280 e. The van der Waals surface area contributed by atoms with Gasteiger partial charge in [-0.1, -0.05) is 0 Å². The van der Waals surface area contributed by atoms with Crippen molar-refractivity contribution < 1.29 is 29.9 Å². The monoisotopic (exact) mass is 642 g/mol. The zero-order valence-corrected chi connectivity index (χ0v) is 23.3. The van der Waals surface area contributed by atoms with Crippen molar-refractivity contribution in [1.82, 2.24) is 39.0 Å². The van der Waals surface area contributed by atoms with E-state index < -0.39 is 77.6 Å². The van der Waals surface area contributed by atoms with Gasteiger partial charge in [0.15, 0.2) is 34.8 Å². The molecule has 2 saturated heterocycles. The van der Waals surface area contributed by atoms with E-state index >= 15 is 0 Å². The molecule has 2 aliphatic rings. The minimum atomic E-state index is -1.51. The molecule has 0 spiro atoms. The molecule has 0 aliphatic carbocycles. The second-order valence-electron chi connectivity index (χ2n) is 10.8. The molecule has 0 saturated carbocycles. The number of nitrogen functional groups attached to an aromatic ring is 2. The van der Waals surface area contributed by atoms with Gasteiger partial charge in [0.1, 0.15) is 41.9 Å². The van der Waals surface area contributed by atoms with Crippen LogP contribution in [-0.2, 0) is 9.47 Å². The summed E-state index contributed by atoms with van der Waals surface area (Å²) in [5, 5.41) is 48.0. The second kappa shape index (κ2) is 10.7. The van der Waals surface area contributed by atoms with Gasteiger partial charge in [0.05, 0.1) is 25.3 Å². The van der Waals surface area contributed by atoms with Crippen molar-refractivity contribution in [2.24, 2.45) is 0 Å². The Bertz CT molecular complexity index is 2170. The lowest BCUT2D eigenvalue weighted by Crippen LogP contribution is -2.46. The summed E-state index contributed by atoms with van der Waals surface area (Å²) in [6.45, 7) is -0.877. The molecule has 2 fully saturated rings. The van der Waals surface area contributed by atoms with Gasteiger partial charge in [-0.25, -0.2) is 9.97 Å². The van der Waals surface area contributed by atoms with Crippen LogP contribution in [0.4, 0.5) is 23.3 Å². The predicted octanol–water partition coefficient (Wildman–Crippen LogP) is -5.22. The van der Waals surface area contributed by atoms with Gasteiger partial charge >= 0.3 is 0 Å². The van der Waals surface area contributed by atoms with Crippen LogP contribution < -0.4 is 44.1 Å². The fraction of sp³-hybridized carbons (Fsp3) is 0.417. The SMILES string of the molecule is Nc1nc2c(ncn2[C@@H]2O[C@H](CNc3c(N[C@@H]4C(O)[C@H](n5cnc6c(=O)[nH]c(N)nc65)O[C@@H]4CO)c(=O)c3=O)[C@H](O)C2O)c(=O)[nH]1. The van der Waals surface area contributed by atoms with Crippen molar-refractivity contribution in [2.75, 3.05) is 35.3 Å². The Morgan fingerprint density at radius 2 is 1.30 bits per heavy atom. The summed E-state index contributed by atoms with van der Waals surface area (Å²) in [5.74, 6) is -0.405. The van der Waals surface area contributed by atoms with Crippen LogP contribution in [0.3, 0.4) is 0 Å². The van der Waals surface area contributed by atoms with Gasteiger partial charge in [0, 0.05) is 6.54 Å². The van der Waals surface area contributed by atoms with Gasteiger partial charge in [-0.05, 0) is 0 Å². The van der Waals surface area contributed by atoms with Crippen molar-refractivity contribution in [3.63, 3.8) is 0 Å². The molecule has 6 heterocycles. The Kier molecular flexibility index (Phi) is 6.84. The third-order valence-electron chi connectivity index (χ3n) is 8.04. The molecule has 2 unspecified atom stereocenters. The van der Waals surface area contributed by atoms with E-state index in [4.69, 9.17) is 20.9 Å². The average molecular weight is 643 g/mol. The molecule has 1 aromatic carbocycles. The van der Waals surface area contributed by atoms with Crippen LogP contribution in [0, 0.1) is 0 Å². The van der Waals surface area contributed by atoms with Crippen LogP contribution in [0.1, 0.15) is 12.5 Å². The Morgan fingerprint density at radius 3 is 1.87 bits per heavy atom. The number of nitrogens with two attached hydrogens (primary N) is 2. The number of nitrogens with one attached hydrogen (secondary N) is 4. The molecule has 7 rings (SSSR count). The summed E-state index contributed by atoms with van der Waals surface area (Å²) in [6.07, 6.45) is -6.74. The van der Waals surface area contributed by atoms with Crippen LogP contribution in [0.5, 0.6) is 0 Å². The Labute approximate surface area is 253 Å². The van der Waals surface area contributed by atoms with E-state index in [9.17, 15) is 39.6 Å². The topological polar surface area (TPSA) is 337 Å². The number of hydrogen-bond acceptors (Lipinski definition) is 18. The normalized spacial score (nSPS) is 28.1. The number of nitrogens with zero attached hydrogens (tertiary/aromatic N) is 6. The number of imidazole rings is 2. The first-order chi connectivity index (χ1) is 22.0. The molecule has 22 nitrogen and oxygen atoms in total. The quantitative estimate of drug-likeness (QED) is 0.0707. The Balaban J connectivity index is 1.08. The van der Waals surface area contributed by atoms with Gasteiger partial charge in [-0.3, -0.25) is 38.3 Å². The summed E-state index contributed by atoms with van der Waals surface area (Å²) in [4.78, 5) is 70.0. The standard InChI is InChI=1S/C24H26N12O10/c25-23-31-17-10(19(43)33-23)28-3-35(17)21-15(41)7(6(2-37)46-21)30-9-8(13(39)14(9)40)27-1-5-12(38)16(42)22(45-5)36-4-29-11-18(36)32-24(26)34-20(11)44/h3-7,12,15-16,21-22,27,30,37-38,41-42H,1-2H2,(H3,25,31,33,43)(H3,26,32,34,44)/t5-,6-,7+,12+,15?,16?,21-,22-/m1/s1. The number of H-pyrrole nitrogens is 2. The number of anilines is 4. The number of aromatic amines is 2. The summed E-state index contributed by atoms with van der Waals surface area (Å²) in [6, 6.07) is -1.13. The lowest BCUT2D eigenvalue weighted by molar-refractivity contribution is -0.0487. The fourth-order valence-corrected chi connectivity index (χ4v) is 5.76. The van der Waals surface area contributed by atoms with E-state index in [0.717, 1.165) is 0 Å². The van der Waals surface area contributed by atoms with Crippen LogP contribution in [0.25, 0.3) is 22.3 Å². The number of aromatic nitrogens is 8. The number of aliphatic hydroxyl groups excluding tert-OH is 4. The third kappa shape index (κ3) is 4.42. The van der Waals surface area contributed by atoms with Crippen molar-refractivity contribution in [2.45, 2.75) is 49.0 Å². The first kappa shape index (κ1) is 29.5. The Morgan fingerprint density at radius 1 is 0.783 bits per heavy atom. The maximum absolute atomic E-state index is 12.6. The molecule has 2 aliphatic heterocycles. The lowest BCUT2D eigenvalue weighted by Gasteiger charge is -2.25. The average Bonchev–Trinajstić information content (AvgIpc) is 3.77. The molecule has 12 N–H and O–H groups in total. The minimum Gasteiger partial charge on any atom is -0.394 e. The number of fused-ring (bicyclic) bond motifs is 2. The maximum Gasteiger partial charge on any atom is 0.280 e. The molecule has 0 amide bonds. The van der Waals surface area contributed by atoms with Crippen LogP contribution >= 0.6 is 0 Å². The minimum absolute atomic E-state index is 0.00361. The Hall–Kier alpha value is -5.26. The first-order valence-electron chi connectivity index (χ1n) is 13.7. The van der Waals surface area contributed by atoms with E-state index in [0.29, 0.717) is 0 Å². The number of hydrogen-bond donors (Lipinski definition) is 10. The van der Waals surface area contributed by atoms with E-state index in [1.54, 1.807) is 0 Å². The zero-order chi connectivity index (χ0) is 32.6. The third-order valence-corrected chi connectivity index (χ3v) is 8.04. The summed E-state index contributed by atoms with van der Waals surface area (Å²) in [7, 11) is 0. The molecule has 242 valence electrons. The van der Waals surface area contributed by atoms with E-state index in [1.807, 2.05) is 0 Å². The van der Waals surface area contributed by atoms with Crippen molar-refractivity contribution in [3.05, 3.63) is 53.8 Å². The van der Waals surface area contributed by atoms with Gasteiger partial charge in [0.25, 0.3) is 22.0 Å². The van der Waals surface area contributed by atoms with Crippen molar-refractivity contribution in [1.29, 1.82) is 0 Å². The van der Waals surface area contributed by atoms with E-state index in [2.05, 4.69) is 40.5 Å². The molecular weight excluding hydrogens is 616 g/mol. The van der Waals surface area contributed by atoms with Gasteiger partial charge in [-0.2, -0.15) is 9.97 Å². The summed E-state index contributed by atoms with van der Waals surface area (Å²) >= 11 is 0. The van der Waals surface area contributed by atoms with Crippen LogP contribution in [-0.4, -0.2) is 109 Å². The van der Waals surface area contributed by atoms with Crippen molar-refractivity contribution >= 4 is 45.6 Å². The molecule has 46 heavy (non-hydrogen) atoms. The van der Waals surface area contributed by atoms with Gasteiger partial charge in [-0.15, -0.1) is 0 Å². The molecule has 0 bridgehead atoms.